The smallest absolute Gasteiger partial charge is 0.257 e. The molecule has 39 heavy (non-hydrogen) atoms. The van der Waals surface area contributed by atoms with E-state index in [1.165, 1.54) is 50.3 Å². The highest BCUT2D eigenvalue weighted by Gasteiger charge is 2.47. The Hall–Kier alpha value is -4.16. The Morgan fingerprint density at radius 2 is 2.05 bits per heavy atom. The van der Waals surface area contributed by atoms with Crippen LogP contribution in [0.25, 0.3) is 6.08 Å². The number of furan rings is 1. The highest BCUT2D eigenvalue weighted by Crippen LogP contribution is 2.35. The summed E-state index contributed by atoms with van der Waals surface area (Å²) in [4.78, 5) is 54.0. The molecule has 0 unspecified atom stereocenters. The molecule has 0 spiro atoms. The molecule has 5 rings (SSSR count). The predicted molar refractivity (Wildman–Crippen MR) is 140 cm³/mol. The number of nitrogens with one attached hydrogen (secondary N) is 3. The van der Waals surface area contributed by atoms with E-state index in [4.69, 9.17) is 9.15 Å². The van der Waals surface area contributed by atoms with Crippen LogP contribution in [-0.2, 0) is 33.0 Å². The standard InChI is InChI=1S/C23H21FN4O6.C4H9N/c1-25-23(22(32)27-12-30,18-6-15-8-26-7-13(10-29)5-17(15)34-18)11-28-9-14-3-4-16(33-2)20(24)19(14)21(28)31;1-5-4-2-3-4/h3-7,10,12,25H,8-9,11H2,1-2H3,(H,27,30,32);4-5H,2-3H2,1H3/t23-;/m0./s1. The first-order valence-corrected chi connectivity index (χ1v) is 12.4. The lowest BCUT2D eigenvalue weighted by atomic mass is 9.93. The van der Waals surface area contributed by atoms with E-state index in [1.807, 2.05) is 7.05 Å². The minimum absolute atomic E-state index is 0.0345. The average Bonchev–Trinajstić information content (AvgIpc) is 3.67. The van der Waals surface area contributed by atoms with Crippen LogP contribution >= 0.6 is 0 Å². The number of carbonyl (C=O) groups excluding carboxylic acids is 4. The van der Waals surface area contributed by atoms with Gasteiger partial charge in [0.25, 0.3) is 11.8 Å². The quantitative estimate of drug-likeness (QED) is 0.405. The Bertz CT molecular complexity index is 1350. The van der Waals surface area contributed by atoms with Gasteiger partial charge < -0.3 is 19.4 Å². The van der Waals surface area contributed by atoms with Crippen LogP contribution in [0.5, 0.6) is 5.75 Å². The van der Waals surface area contributed by atoms with E-state index in [-0.39, 0.29) is 48.7 Å². The molecule has 2 aromatic rings. The number of amides is 3. The van der Waals surface area contributed by atoms with Crippen LogP contribution in [-0.4, -0.2) is 69.4 Å². The lowest BCUT2D eigenvalue weighted by Gasteiger charge is -2.33. The molecule has 3 aliphatic rings. The number of hydrogen-bond donors (Lipinski definition) is 3. The van der Waals surface area contributed by atoms with E-state index >= 15 is 0 Å². The third kappa shape index (κ3) is 5.52. The Morgan fingerprint density at radius 3 is 2.64 bits per heavy atom. The maximum absolute atomic E-state index is 14.8. The lowest BCUT2D eigenvalue weighted by Crippen LogP contribution is -2.59. The molecule has 11 nitrogen and oxygen atoms in total. The van der Waals surface area contributed by atoms with Crippen molar-refractivity contribution >= 4 is 36.8 Å². The summed E-state index contributed by atoms with van der Waals surface area (Å²) >= 11 is 0. The Morgan fingerprint density at radius 1 is 1.28 bits per heavy atom. The first-order valence-electron chi connectivity index (χ1n) is 12.4. The summed E-state index contributed by atoms with van der Waals surface area (Å²) in [5.41, 5.74) is -0.518. The molecule has 0 bridgehead atoms. The van der Waals surface area contributed by atoms with Gasteiger partial charge in [-0.25, -0.2) is 4.39 Å². The second-order valence-corrected chi connectivity index (χ2v) is 9.32. The summed E-state index contributed by atoms with van der Waals surface area (Å²) in [6.07, 6.45) is 6.54. The minimum Gasteiger partial charge on any atom is -0.494 e. The zero-order chi connectivity index (χ0) is 28.2. The largest absolute Gasteiger partial charge is 0.494 e. The van der Waals surface area contributed by atoms with Crippen molar-refractivity contribution in [3.63, 3.8) is 0 Å². The van der Waals surface area contributed by atoms with Gasteiger partial charge in [0.05, 0.1) is 25.8 Å². The number of halogens is 1. The van der Waals surface area contributed by atoms with Gasteiger partial charge in [0.15, 0.2) is 23.4 Å². The third-order valence-electron chi connectivity index (χ3n) is 6.89. The molecule has 1 atom stereocenters. The number of allylic oxidation sites excluding steroid dienone is 1. The zero-order valence-electron chi connectivity index (χ0n) is 21.9. The molecular weight excluding hydrogens is 509 g/mol. The van der Waals surface area contributed by atoms with Gasteiger partial charge in [0.1, 0.15) is 11.5 Å². The molecule has 12 heteroatoms. The van der Waals surface area contributed by atoms with Crippen LogP contribution in [0.4, 0.5) is 4.39 Å². The van der Waals surface area contributed by atoms with E-state index in [0.29, 0.717) is 23.2 Å². The van der Waals surface area contributed by atoms with E-state index in [0.717, 1.165) is 6.04 Å². The molecule has 0 saturated heterocycles. The van der Waals surface area contributed by atoms with Crippen molar-refractivity contribution in [2.24, 2.45) is 4.99 Å². The van der Waals surface area contributed by atoms with Crippen molar-refractivity contribution in [3.8, 4) is 5.75 Å². The highest BCUT2D eigenvalue weighted by atomic mass is 19.1. The number of nitrogens with zero attached hydrogens (tertiary/aromatic N) is 2. The van der Waals surface area contributed by atoms with Crippen molar-refractivity contribution < 1.29 is 32.7 Å². The molecule has 3 heterocycles. The zero-order valence-corrected chi connectivity index (χ0v) is 21.9. The molecule has 3 N–H and O–H groups in total. The SMILES string of the molecule is CNC1CC1.CN[C@](CN1Cc2ccc(OC)c(F)c2C1=O)(C(=O)NC=O)c1cc2c(o1)C=C(C=O)C=NC2. The topological polar surface area (TPSA) is 142 Å². The van der Waals surface area contributed by atoms with Crippen LogP contribution < -0.4 is 20.7 Å². The van der Waals surface area contributed by atoms with Gasteiger partial charge in [-0.15, -0.1) is 0 Å². The first-order chi connectivity index (χ1) is 18.8. The average molecular weight is 540 g/mol. The number of imide groups is 1. The van der Waals surface area contributed by atoms with Crippen molar-refractivity contribution in [2.75, 3.05) is 27.7 Å². The van der Waals surface area contributed by atoms with Gasteiger partial charge >= 0.3 is 0 Å². The number of fused-ring (bicyclic) bond motifs is 2. The van der Waals surface area contributed by atoms with Crippen molar-refractivity contribution in [2.45, 2.75) is 37.5 Å². The van der Waals surface area contributed by atoms with Gasteiger partial charge in [0, 0.05) is 29.9 Å². The molecule has 1 saturated carbocycles. The molecule has 1 aliphatic carbocycles. The number of likely N-dealkylation sites (N-methyl/N-ethyl adjacent to an activating group) is 1. The number of aliphatic imine (C=N–C) groups is 1. The molecule has 0 radical (unpaired) electrons. The summed E-state index contributed by atoms with van der Waals surface area (Å²) in [6, 6.07) is 5.47. The van der Waals surface area contributed by atoms with E-state index in [2.05, 4.69) is 20.9 Å². The number of hydrogen-bond acceptors (Lipinski definition) is 9. The van der Waals surface area contributed by atoms with Crippen LogP contribution in [0.2, 0.25) is 0 Å². The molecule has 206 valence electrons. The fraction of sp³-hybridized carbons (Fsp3) is 0.370. The van der Waals surface area contributed by atoms with Crippen LogP contribution in [0, 0.1) is 5.82 Å². The van der Waals surface area contributed by atoms with Crippen LogP contribution in [0.15, 0.2) is 33.2 Å². The fourth-order valence-corrected chi connectivity index (χ4v) is 4.49. The van der Waals surface area contributed by atoms with Crippen molar-refractivity contribution in [1.29, 1.82) is 0 Å². The number of benzene rings is 1. The molecule has 2 aliphatic heterocycles. The third-order valence-corrected chi connectivity index (χ3v) is 6.89. The Labute approximate surface area is 224 Å². The van der Waals surface area contributed by atoms with E-state index in [9.17, 15) is 23.6 Å². The number of aldehydes is 1. The summed E-state index contributed by atoms with van der Waals surface area (Å²) in [6.45, 7) is -0.0496. The minimum atomic E-state index is -1.70. The summed E-state index contributed by atoms with van der Waals surface area (Å²) in [7, 11) is 4.78. The molecule has 1 aromatic carbocycles. The van der Waals surface area contributed by atoms with Gasteiger partial charge in [0.2, 0.25) is 6.41 Å². The highest BCUT2D eigenvalue weighted by molar-refractivity contribution is 6.07. The number of rotatable bonds is 9. The Balaban J connectivity index is 0.000000634. The maximum Gasteiger partial charge on any atom is 0.257 e. The summed E-state index contributed by atoms with van der Waals surface area (Å²) in [5.74, 6) is -1.85. The number of methoxy groups -OCH3 is 1. The summed E-state index contributed by atoms with van der Waals surface area (Å²) in [5, 5.41) is 8.12. The normalized spacial score (nSPS) is 17.1. The van der Waals surface area contributed by atoms with Gasteiger partial charge in [-0.3, -0.25) is 34.8 Å². The lowest BCUT2D eigenvalue weighted by molar-refractivity contribution is -0.132. The van der Waals surface area contributed by atoms with E-state index < -0.39 is 23.2 Å². The van der Waals surface area contributed by atoms with Crippen molar-refractivity contribution in [1.82, 2.24) is 20.9 Å². The number of ether oxygens (including phenoxy) is 1. The molecule has 3 amide bonds. The first kappa shape index (κ1) is 27.9. The molecular formula is C27H30FN5O6. The summed E-state index contributed by atoms with van der Waals surface area (Å²) < 4.78 is 25.7. The number of carbonyl (C=O) groups is 4. The molecule has 1 fully saturated rings. The second kappa shape index (κ2) is 11.7. The van der Waals surface area contributed by atoms with Crippen LogP contribution in [0.3, 0.4) is 0 Å². The van der Waals surface area contributed by atoms with Crippen LogP contribution in [0.1, 0.15) is 45.8 Å². The van der Waals surface area contributed by atoms with Crippen molar-refractivity contribution in [3.05, 3.63) is 57.8 Å². The second-order valence-electron chi connectivity index (χ2n) is 9.32. The molecule has 1 aromatic heterocycles. The van der Waals surface area contributed by atoms with Gasteiger partial charge in [-0.1, -0.05) is 6.07 Å². The van der Waals surface area contributed by atoms with Gasteiger partial charge in [-0.05, 0) is 50.7 Å². The Kier molecular flexibility index (Phi) is 8.36. The van der Waals surface area contributed by atoms with Gasteiger partial charge in [-0.2, -0.15) is 0 Å². The van der Waals surface area contributed by atoms with E-state index in [1.54, 1.807) is 12.1 Å². The fourth-order valence-electron chi connectivity index (χ4n) is 4.49. The monoisotopic (exact) mass is 539 g/mol. The maximum atomic E-state index is 14.8. The predicted octanol–water partition coefficient (Wildman–Crippen LogP) is 1.31.